The summed E-state index contributed by atoms with van der Waals surface area (Å²) in [5, 5.41) is 14.2. The van der Waals surface area contributed by atoms with E-state index in [9.17, 15) is 0 Å². The van der Waals surface area contributed by atoms with Gasteiger partial charge in [-0.15, -0.1) is 0 Å². The van der Waals surface area contributed by atoms with Crippen molar-refractivity contribution in [2.75, 3.05) is 0 Å². The van der Waals surface area contributed by atoms with Gasteiger partial charge in [0.15, 0.2) is 11.2 Å². The summed E-state index contributed by atoms with van der Waals surface area (Å²) in [7, 11) is 0. The second-order valence-corrected chi connectivity index (χ2v) is 13.2. The molecule has 6 nitrogen and oxygen atoms in total. The molecular formula is C45H30N4O2. The minimum absolute atomic E-state index is 0.327. The van der Waals surface area contributed by atoms with Crippen molar-refractivity contribution in [2.24, 2.45) is 4.99 Å². The van der Waals surface area contributed by atoms with Crippen LogP contribution in [0.2, 0.25) is 0 Å². The Bertz CT molecular complexity index is 2930. The molecule has 2 unspecified atom stereocenters. The molecule has 0 spiro atoms. The molecule has 242 valence electrons. The molecule has 7 aromatic carbocycles. The normalized spacial score (nSPS) is 16.4. The van der Waals surface area contributed by atoms with Gasteiger partial charge in [-0.25, -0.2) is 4.99 Å². The third kappa shape index (κ3) is 4.30. The van der Waals surface area contributed by atoms with E-state index in [2.05, 4.69) is 149 Å². The maximum atomic E-state index is 6.83. The Kier molecular flexibility index (Phi) is 6.05. The zero-order chi connectivity index (χ0) is 33.5. The van der Waals surface area contributed by atoms with Crippen LogP contribution in [0.3, 0.4) is 0 Å². The van der Waals surface area contributed by atoms with Crippen molar-refractivity contribution in [3.63, 3.8) is 0 Å². The molecule has 10 aromatic rings. The summed E-state index contributed by atoms with van der Waals surface area (Å²) >= 11 is 0. The number of benzene rings is 7. The number of rotatable bonds is 3. The molecule has 0 saturated heterocycles. The zero-order valence-corrected chi connectivity index (χ0v) is 27.4. The van der Waals surface area contributed by atoms with Crippen molar-refractivity contribution in [1.29, 1.82) is 0 Å². The highest BCUT2D eigenvalue weighted by Crippen LogP contribution is 2.41. The maximum absolute atomic E-state index is 6.83. The van der Waals surface area contributed by atoms with Crippen molar-refractivity contribution >= 4 is 71.6 Å². The number of hydrogen-bond donors (Lipinski definition) is 2. The van der Waals surface area contributed by atoms with Crippen molar-refractivity contribution in [3.05, 3.63) is 169 Å². The van der Waals surface area contributed by atoms with E-state index < -0.39 is 0 Å². The second-order valence-electron chi connectivity index (χ2n) is 13.2. The molecule has 1 aliphatic heterocycles. The minimum atomic E-state index is -0.335. The first-order chi connectivity index (χ1) is 25.3. The molecule has 3 aromatic heterocycles. The summed E-state index contributed by atoms with van der Waals surface area (Å²) < 4.78 is 15.5. The van der Waals surface area contributed by atoms with Gasteiger partial charge in [0.25, 0.3) is 0 Å². The predicted molar refractivity (Wildman–Crippen MR) is 207 cm³/mol. The van der Waals surface area contributed by atoms with Gasteiger partial charge in [-0.2, -0.15) is 0 Å². The largest absolute Gasteiger partial charge is 0.452 e. The van der Waals surface area contributed by atoms with Gasteiger partial charge in [0, 0.05) is 37.9 Å². The van der Waals surface area contributed by atoms with Gasteiger partial charge in [0.1, 0.15) is 23.5 Å². The zero-order valence-electron chi connectivity index (χ0n) is 27.4. The SMILES string of the molecule is c1ccc(-c2ccc(C3N=C(n4c5ccccc5c5ccccc54)NC(c4cccc5c4oc4c5ccc5c6ccccc6oc54)N3)cc2)cc1. The van der Waals surface area contributed by atoms with E-state index in [4.69, 9.17) is 13.8 Å². The molecule has 6 heteroatoms. The van der Waals surface area contributed by atoms with E-state index in [0.29, 0.717) is 0 Å². The monoisotopic (exact) mass is 658 g/mol. The van der Waals surface area contributed by atoms with Crippen LogP contribution in [0.25, 0.3) is 76.8 Å². The highest BCUT2D eigenvalue weighted by Gasteiger charge is 2.30. The molecule has 4 heterocycles. The van der Waals surface area contributed by atoms with Crippen LogP contribution in [-0.4, -0.2) is 10.5 Å². The Morgan fingerprint density at radius 3 is 1.82 bits per heavy atom. The molecule has 1 aliphatic rings. The van der Waals surface area contributed by atoms with Crippen LogP contribution in [0.5, 0.6) is 0 Å². The van der Waals surface area contributed by atoms with E-state index in [1.165, 1.54) is 21.9 Å². The van der Waals surface area contributed by atoms with Gasteiger partial charge in [0.05, 0.1) is 11.0 Å². The van der Waals surface area contributed by atoms with E-state index in [0.717, 1.165) is 72.0 Å². The van der Waals surface area contributed by atoms with Gasteiger partial charge in [-0.3, -0.25) is 9.88 Å². The Labute approximate surface area is 292 Å². The quantitative estimate of drug-likeness (QED) is 0.198. The van der Waals surface area contributed by atoms with Crippen LogP contribution in [0.4, 0.5) is 0 Å². The summed E-state index contributed by atoms with van der Waals surface area (Å²) in [6, 6.07) is 55.0. The van der Waals surface area contributed by atoms with Gasteiger partial charge in [-0.1, -0.05) is 127 Å². The fraction of sp³-hybridized carbons (Fsp3) is 0.0444. The number of aromatic nitrogens is 1. The van der Waals surface area contributed by atoms with Crippen LogP contribution in [0.1, 0.15) is 23.5 Å². The molecule has 0 radical (unpaired) electrons. The molecular weight excluding hydrogens is 629 g/mol. The number of para-hydroxylation sites is 4. The maximum Gasteiger partial charge on any atom is 0.206 e. The number of hydrogen-bond acceptors (Lipinski definition) is 5. The topological polar surface area (TPSA) is 67.6 Å². The molecule has 0 bridgehead atoms. The highest BCUT2D eigenvalue weighted by atomic mass is 16.4. The Morgan fingerprint density at radius 2 is 1.06 bits per heavy atom. The smallest absolute Gasteiger partial charge is 0.206 e. The first-order valence-electron chi connectivity index (χ1n) is 17.3. The number of nitrogens with one attached hydrogen (secondary N) is 2. The molecule has 2 atom stereocenters. The molecule has 2 N–H and O–H groups in total. The lowest BCUT2D eigenvalue weighted by Gasteiger charge is -2.32. The van der Waals surface area contributed by atoms with Crippen LogP contribution in [-0.2, 0) is 0 Å². The lowest BCUT2D eigenvalue weighted by atomic mass is 10.0. The van der Waals surface area contributed by atoms with Gasteiger partial charge >= 0.3 is 0 Å². The van der Waals surface area contributed by atoms with E-state index >= 15 is 0 Å². The van der Waals surface area contributed by atoms with E-state index in [-0.39, 0.29) is 12.3 Å². The molecule has 0 amide bonds. The van der Waals surface area contributed by atoms with Crippen LogP contribution in [0, 0.1) is 0 Å². The van der Waals surface area contributed by atoms with Crippen LogP contribution in [0.15, 0.2) is 172 Å². The van der Waals surface area contributed by atoms with Gasteiger partial charge in [0.2, 0.25) is 5.96 Å². The fourth-order valence-electron chi connectivity index (χ4n) is 7.91. The number of furan rings is 2. The van der Waals surface area contributed by atoms with Crippen molar-refractivity contribution in [3.8, 4) is 11.1 Å². The number of aliphatic imine (C=N–C) groups is 1. The van der Waals surface area contributed by atoms with E-state index in [1.54, 1.807) is 0 Å². The summed E-state index contributed by atoms with van der Waals surface area (Å²) in [6.45, 7) is 0. The second kappa shape index (κ2) is 10.9. The average molecular weight is 659 g/mol. The summed E-state index contributed by atoms with van der Waals surface area (Å²) in [5.74, 6) is 0.765. The first-order valence-corrected chi connectivity index (χ1v) is 17.3. The Balaban J connectivity index is 1.09. The van der Waals surface area contributed by atoms with Crippen LogP contribution >= 0.6 is 0 Å². The Morgan fingerprint density at radius 1 is 0.471 bits per heavy atom. The predicted octanol–water partition coefficient (Wildman–Crippen LogP) is 11.1. The summed E-state index contributed by atoms with van der Waals surface area (Å²) in [4.78, 5) is 5.37. The fourth-order valence-corrected chi connectivity index (χ4v) is 7.91. The first kappa shape index (κ1) is 28.2. The van der Waals surface area contributed by atoms with Crippen molar-refractivity contribution in [2.45, 2.75) is 12.3 Å². The molecule has 0 fully saturated rings. The molecule has 11 rings (SSSR count). The third-order valence-electron chi connectivity index (χ3n) is 10.3. The molecule has 0 aliphatic carbocycles. The minimum Gasteiger partial charge on any atom is -0.452 e. The lowest BCUT2D eigenvalue weighted by molar-refractivity contribution is 0.402. The third-order valence-corrected chi connectivity index (χ3v) is 10.3. The highest BCUT2D eigenvalue weighted by molar-refractivity contribution is 6.19. The Hall–Kier alpha value is -6.63. The summed E-state index contributed by atoms with van der Waals surface area (Å²) in [6.07, 6.45) is -0.663. The van der Waals surface area contributed by atoms with Crippen LogP contribution < -0.4 is 10.6 Å². The molecule has 51 heavy (non-hydrogen) atoms. The van der Waals surface area contributed by atoms with Gasteiger partial charge < -0.3 is 14.2 Å². The van der Waals surface area contributed by atoms with Crippen molar-refractivity contribution in [1.82, 2.24) is 15.2 Å². The van der Waals surface area contributed by atoms with E-state index in [1.807, 2.05) is 24.3 Å². The van der Waals surface area contributed by atoms with Gasteiger partial charge in [-0.05, 0) is 47.0 Å². The average Bonchev–Trinajstić information content (AvgIpc) is 3.88. The number of fused-ring (bicyclic) bond motifs is 10. The van der Waals surface area contributed by atoms with Crippen molar-refractivity contribution < 1.29 is 8.83 Å². The summed E-state index contributed by atoms with van der Waals surface area (Å²) in [5.41, 5.74) is 9.79. The number of nitrogens with zero attached hydrogens (tertiary/aromatic N) is 2. The standard InChI is InChI=1S/C45H30N4O2/c1-2-11-27(12-3-1)28-21-23-29(24-22-28)43-46-44(48-45(47-43)49-37-18-7-4-13-30(37)31-14-5-8-19-38(31)49)36-17-10-16-33-35-26-25-34-32-15-6-9-20-39(32)50-41(34)42(35)51-40(33)36/h1-26,43-44,46H,(H,47,48). The molecule has 0 saturated carbocycles. The lowest BCUT2D eigenvalue weighted by Crippen LogP contribution is -2.47.